The van der Waals surface area contributed by atoms with Crippen LogP contribution >= 0.6 is 0 Å². The van der Waals surface area contributed by atoms with Crippen molar-refractivity contribution in [3.05, 3.63) is 70.5 Å². The second-order valence-electron chi connectivity index (χ2n) is 5.10. The molecule has 1 nitrogen and oxygen atoms in total. The van der Waals surface area contributed by atoms with Crippen LogP contribution in [0.15, 0.2) is 42.5 Å². The van der Waals surface area contributed by atoms with Crippen LogP contribution in [0.2, 0.25) is 0 Å². The van der Waals surface area contributed by atoms with Gasteiger partial charge in [0.1, 0.15) is 5.82 Å². The zero-order chi connectivity index (χ0) is 14.5. The predicted octanol–water partition coefficient (Wildman–Crippen LogP) is 4.40. The largest absolute Gasteiger partial charge is 0.307 e. The number of nitrogens with one attached hydrogen (secondary N) is 1. The fourth-order valence-electron chi connectivity index (χ4n) is 2.41. The van der Waals surface area contributed by atoms with Crippen LogP contribution in [0.1, 0.15) is 42.1 Å². The van der Waals surface area contributed by atoms with E-state index in [9.17, 15) is 4.39 Å². The SMILES string of the molecule is CCNC(c1cccc(CC)c1)c1ccc(C)c(F)c1. The van der Waals surface area contributed by atoms with E-state index >= 15 is 0 Å². The highest BCUT2D eigenvalue weighted by Gasteiger charge is 2.14. The number of aryl methyl sites for hydroxylation is 2. The number of rotatable bonds is 5. The Kier molecular flexibility index (Phi) is 4.91. The van der Waals surface area contributed by atoms with Crippen LogP contribution in [0.5, 0.6) is 0 Å². The molecule has 0 fully saturated rings. The van der Waals surface area contributed by atoms with Crippen LogP contribution < -0.4 is 5.32 Å². The Balaban J connectivity index is 2.41. The van der Waals surface area contributed by atoms with Crippen molar-refractivity contribution in [2.45, 2.75) is 33.2 Å². The molecule has 0 aliphatic heterocycles. The molecule has 0 spiro atoms. The first-order valence-electron chi connectivity index (χ1n) is 7.24. The van der Waals surface area contributed by atoms with Crippen LogP contribution in [-0.2, 0) is 6.42 Å². The second-order valence-corrected chi connectivity index (χ2v) is 5.10. The van der Waals surface area contributed by atoms with Crippen LogP contribution in [-0.4, -0.2) is 6.54 Å². The van der Waals surface area contributed by atoms with Crippen molar-refractivity contribution in [3.8, 4) is 0 Å². The van der Waals surface area contributed by atoms with E-state index in [1.807, 2.05) is 12.1 Å². The number of halogens is 1. The summed E-state index contributed by atoms with van der Waals surface area (Å²) in [5, 5.41) is 3.45. The van der Waals surface area contributed by atoms with Crippen molar-refractivity contribution in [1.29, 1.82) is 0 Å². The normalized spacial score (nSPS) is 12.4. The lowest BCUT2D eigenvalue weighted by atomic mass is 9.95. The molecule has 0 aliphatic rings. The zero-order valence-corrected chi connectivity index (χ0v) is 12.4. The van der Waals surface area contributed by atoms with E-state index in [1.54, 1.807) is 13.0 Å². The third kappa shape index (κ3) is 3.26. The first kappa shape index (κ1) is 14.7. The van der Waals surface area contributed by atoms with Crippen molar-refractivity contribution in [2.24, 2.45) is 0 Å². The molecule has 0 saturated heterocycles. The smallest absolute Gasteiger partial charge is 0.126 e. The Morgan fingerprint density at radius 3 is 2.45 bits per heavy atom. The van der Waals surface area contributed by atoms with Gasteiger partial charge >= 0.3 is 0 Å². The van der Waals surface area contributed by atoms with Crippen LogP contribution in [0.4, 0.5) is 4.39 Å². The zero-order valence-electron chi connectivity index (χ0n) is 12.4. The second kappa shape index (κ2) is 6.67. The van der Waals surface area contributed by atoms with Gasteiger partial charge in [0.2, 0.25) is 0 Å². The summed E-state index contributed by atoms with van der Waals surface area (Å²) in [5.41, 5.74) is 4.15. The van der Waals surface area contributed by atoms with Gasteiger partial charge in [-0.25, -0.2) is 4.39 Å². The number of hydrogen-bond donors (Lipinski definition) is 1. The van der Waals surface area contributed by atoms with E-state index < -0.39 is 0 Å². The monoisotopic (exact) mass is 271 g/mol. The summed E-state index contributed by atoms with van der Waals surface area (Å²) in [7, 11) is 0. The molecule has 20 heavy (non-hydrogen) atoms. The molecule has 0 aliphatic carbocycles. The third-order valence-corrected chi connectivity index (χ3v) is 3.63. The van der Waals surface area contributed by atoms with E-state index in [-0.39, 0.29) is 11.9 Å². The number of benzene rings is 2. The minimum absolute atomic E-state index is 0.0431. The topological polar surface area (TPSA) is 12.0 Å². The molecule has 0 bridgehead atoms. The Labute approximate surface area is 120 Å². The summed E-state index contributed by atoms with van der Waals surface area (Å²) >= 11 is 0. The lowest BCUT2D eigenvalue weighted by molar-refractivity contribution is 0.597. The molecule has 0 radical (unpaired) electrons. The number of hydrogen-bond acceptors (Lipinski definition) is 1. The molecule has 2 aromatic rings. The molecule has 0 saturated carbocycles. The molecule has 2 rings (SSSR count). The Bertz CT molecular complexity index is 577. The van der Waals surface area contributed by atoms with Crippen molar-refractivity contribution in [1.82, 2.24) is 5.32 Å². The average Bonchev–Trinajstić information content (AvgIpc) is 2.48. The molecule has 0 heterocycles. The Morgan fingerprint density at radius 1 is 1.05 bits per heavy atom. The van der Waals surface area contributed by atoms with E-state index in [4.69, 9.17) is 0 Å². The lowest BCUT2D eigenvalue weighted by Gasteiger charge is -2.20. The van der Waals surface area contributed by atoms with E-state index in [2.05, 4.69) is 43.4 Å². The fraction of sp³-hybridized carbons (Fsp3) is 0.333. The molecular weight excluding hydrogens is 249 g/mol. The average molecular weight is 271 g/mol. The highest BCUT2D eigenvalue weighted by molar-refractivity contribution is 5.36. The van der Waals surface area contributed by atoms with Crippen molar-refractivity contribution < 1.29 is 4.39 Å². The standard InChI is InChI=1S/C18H22FN/c1-4-14-7-6-8-15(11-14)18(20-5-2)16-10-9-13(3)17(19)12-16/h6-12,18,20H,4-5H2,1-3H3. The quantitative estimate of drug-likeness (QED) is 0.850. The summed E-state index contributed by atoms with van der Waals surface area (Å²) in [4.78, 5) is 0. The Hall–Kier alpha value is -1.67. The van der Waals surface area contributed by atoms with Gasteiger partial charge in [-0.1, -0.05) is 50.2 Å². The van der Waals surface area contributed by atoms with Crippen molar-refractivity contribution in [3.63, 3.8) is 0 Å². The summed E-state index contributed by atoms with van der Waals surface area (Å²) in [6.07, 6.45) is 1.01. The van der Waals surface area contributed by atoms with E-state index in [0.717, 1.165) is 18.5 Å². The molecule has 2 heteroatoms. The van der Waals surface area contributed by atoms with Gasteiger partial charge in [-0.3, -0.25) is 0 Å². The van der Waals surface area contributed by atoms with Crippen molar-refractivity contribution >= 4 is 0 Å². The van der Waals surface area contributed by atoms with Crippen LogP contribution in [0.3, 0.4) is 0 Å². The maximum Gasteiger partial charge on any atom is 0.126 e. The maximum absolute atomic E-state index is 13.8. The first-order chi connectivity index (χ1) is 9.65. The summed E-state index contributed by atoms with van der Waals surface area (Å²) in [6.45, 7) is 6.85. The molecular formula is C18H22FN. The first-order valence-corrected chi connectivity index (χ1v) is 7.24. The maximum atomic E-state index is 13.8. The minimum atomic E-state index is -0.142. The van der Waals surface area contributed by atoms with Gasteiger partial charge < -0.3 is 5.32 Å². The molecule has 0 amide bonds. The van der Waals surface area contributed by atoms with E-state index in [0.29, 0.717) is 5.56 Å². The third-order valence-electron chi connectivity index (χ3n) is 3.63. The van der Waals surface area contributed by atoms with Gasteiger partial charge in [-0.15, -0.1) is 0 Å². The van der Waals surface area contributed by atoms with Gasteiger partial charge in [-0.2, -0.15) is 0 Å². The van der Waals surface area contributed by atoms with Gasteiger partial charge in [0, 0.05) is 0 Å². The summed E-state index contributed by atoms with van der Waals surface area (Å²) in [6, 6.07) is 14.0. The molecule has 1 N–H and O–H groups in total. The van der Waals surface area contributed by atoms with Gasteiger partial charge in [0.15, 0.2) is 0 Å². The predicted molar refractivity (Wildman–Crippen MR) is 82.5 cm³/mol. The van der Waals surface area contributed by atoms with E-state index in [1.165, 1.54) is 11.1 Å². The minimum Gasteiger partial charge on any atom is -0.307 e. The van der Waals surface area contributed by atoms with Gasteiger partial charge in [0.05, 0.1) is 6.04 Å². The molecule has 1 atom stereocenters. The van der Waals surface area contributed by atoms with Crippen molar-refractivity contribution in [2.75, 3.05) is 6.54 Å². The lowest BCUT2D eigenvalue weighted by Crippen LogP contribution is -2.22. The van der Waals surface area contributed by atoms with Crippen LogP contribution in [0, 0.1) is 12.7 Å². The summed E-state index contributed by atoms with van der Waals surface area (Å²) < 4.78 is 13.8. The van der Waals surface area contributed by atoms with Gasteiger partial charge in [0.25, 0.3) is 0 Å². The molecule has 1 unspecified atom stereocenters. The molecule has 0 aromatic heterocycles. The summed E-state index contributed by atoms with van der Waals surface area (Å²) in [5.74, 6) is -0.142. The van der Waals surface area contributed by atoms with Crippen LogP contribution in [0.25, 0.3) is 0 Å². The Morgan fingerprint density at radius 2 is 1.80 bits per heavy atom. The fourth-order valence-corrected chi connectivity index (χ4v) is 2.41. The molecule has 2 aromatic carbocycles. The molecule has 106 valence electrons. The van der Waals surface area contributed by atoms with Gasteiger partial charge in [-0.05, 0) is 48.2 Å². The highest BCUT2D eigenvalue weighted by atomic mass is 19.1. The highest BCUT2D eigenvalue weighted by Crippen LogP contribution is 2.24.